The highest BCUT2D eigenvalue weighted by molar-refractivity contribution is 7.99. The first kappa shape index (κ1) is 13.0. The Hall–Kier alpha value is -0.460. The zero-order valence-electron chi connectivity index (χ0n) is 10.4. The summed E-state index contributed by atoms with van der Waals surface area (Å²) in [5.41, 5.74) is 5.79. The third-order valence-corrected chi connectivity index (χ3v) is 4.65. The second-order valence-electron chi connectivity index (χ2n) is 4.87. The molecule has 17 heavy (non-hydrogen) atoms. The molecule has 1 aromatic heterocycles. The Morgan fingerprint density at radius 3 is 3.00 bits per heavy atom. The Balaban J connectivity index is 2.05. The van der Waals surface area contributed by atoms with Crippen molar-refractivity contribution in [3.63, 3.8) is 0 Å². The maximum atomic E-state index is 5.82. The van der Waals surface area contributed by atoms with E-state index in [0.29, 0.717) is 11.9 Å². The Kier molecular flexibility index (Phi) is 3.85. The van der Waals surface area contributed by atoms with E-state index in [4.69, 9.17) is 10.5 Å². The number of hydrogen-bond donors (Lipinski definition) is 2. The number of rotatable bonds is 3. The van der Waals surface area contributed by atoms with Crippen LogP contribution in [-0.4, -0.2) is 28.9 Å². The van der Waals surface area contributed by atoms with Gasteiger partial charge in [-0.1, -0.05) is 0 Å². The first-order valence-electron chi connectivity index (χ1n) is 5.71. The SMILES string of the molecule is CSc1c(N)nsc1NC1CCOC(C)(C)C1. The number of thioether (sulfide) groups is 1. The van der Waals surface area contributed by atoms with Crippen LogP contribution < -0.4 is 11.1 Å². The van der Waals surface area contributed by atoms with Gasteiger partial charge in [-0.05, 0) is 44.5 Å². The average molecular weight is 273 g/mol. The second-order valence-corrected chi connectivity index (χ2v) is 6.46. The molecule has 1 unspecified atom stereocenters. The molecule has 0 bridgehead atoms. The topological polar surface area (TPSA) is 60.2 Å². The highest BCUT2D eigenvalue weighted by Crippen LogP contribution is 2.36. The fraction of sp³-hybridized carbons (Fsp3) is 0.727. The van der Waals surface area contributed by atoms with E-state index in [1.54, 1.807) is 11.8 Å². The van der Waals surface area contributed by atoms with Gasteiger partial charge in [-0.15, -0.1) is 11.8 Å². The van der Waals surface area contributed by atoms with Crippen LogP contribution in [-0.2, 0) is 4.74 Å². The monoisotopic (exact) mass is 273 g/mol. The summed E-state index contributed by atoms with van der Waals surface area (Å²) in [4.78, 5) is 1.07. The molecule has 1 aromatic rings. The van der Waals surface area contributed by atoms with E-state index in [1.165, 1.54) is 11.5 Å². The summed E-state index contributed by atoms with van der Waals surface area (Å²) in [5.74, 6) is 0.635. The maximum absolute atomic E-state index is 5.82. The van der Waals surface area contributed by atoms with Gasteiger partial charge >= 0.3 is 0 Å². The van der Waals surface area contributed by atoms with Crippen LogP contribution in [0.1, 0.15) is 26.7 Å². The summed E-state index contributed by atoms with van der Waals surface area (Å²) in [6.45, 7) is 5.09. The highest BCUT2D eigenvalue weighted by Gasteiger charge is 2.29. The molecule has 0 aliphatic carbocycles. The van der Waals surface area contributed by atoms with E-state index < -0.39 is 0 Å². The molecule has 1 saturated heterocycles. The molecule has 2 heterocycles. The molecule has 1 atom stereocenters. The van der Waals surface area contributed by atoms with Gasteiger partial charge in [-0.25, -0.2) is 0 Å². The first-order chi connectivity index (χ1) is 8.02. The lowest BCUT2D eigenvalue weighted by atomic mass is 9.94. The summed E-state index contributed by atoms with van der Waals surface area (Å²) >= 11 is 3.09. The van der Waals surface area contributed by atoms with Crippen LogP contribution in [0.4, 0.5) is 10.8 Å². The zero-order valence-corrected chi connectivity index (χ0v) is 12.1. The predicted molar refractivity (Wildman–Crippen MR) is 75.0 cm³/mol. The third kappa shape index (κ3) is 3.05. The quantitative estimate of drug-likeness (QED) is 0.829. The Morgan fingerprint density at radius 1 is 1.59 bits per heavy atom. The summed E-state index contributed by atoms with van der Waals surface area (Å²) in [5, 5.41) is 4.65. The van der Waals surface area contributed by atoms with Gasteiger partial charge in [-0.3, -0.25) is 0 Å². The van der Waals surface area contributed by atoms with Crippen LogP contribution in [0.2, 0.25) is 0 Å². The van der Waals surface area contributed by atoms with E-state index >= 15 is 0 Å². The molecule has 0 saturated carbocycles. The van der Waals surface area contributed by atoms with Crippen molar-refractivity contribution in [2.45, 2.75) is 43.2 Å². The molecule has 2 rings (SSSR count). The molecule has 0 aromatic carbocycles. The van der Waals surface area contributed by atoms with E-state index in [9.17, 15) is 0 Å². The number of hydrogen-bond acceptors (Lipinski definition) is 6. The maximum Gasteiger partial charge on any atom is 0.153 e. The van der Waals surface area contributed by atoms with Crippen LogP contribution >= 0.6 is 23.3 Å². The molecule has 1 aliphatic rings. The van der Waals surface area contributed by atoms with Crippen LogP contribution in [0.25, 0.3) is 0 Å². The minimum Gasteiger partial charge on any atom is -0.382 e. The molecule has 0 spiro atoms. The van der Waals surface area contributed by atoms with Crippen LogP contribution in [0.5, 0.6) is 0 Å². The van der Waals surface area contributed by atoms with E-state index in [-0.39, 0.29) is 5.60 Å². The lowest BCUT2D eigenvalue weighted by Crippen LogP contribution is -2.40. The standard InChI is InChI=1S/C11H19N3OS2/c1-11(2)6-7(4-5-15-11)13-10-8(16-3)9(12)14-17-10/h7,13H,4-6H2,1-3H3,(H2,12,14). The third-order valence-electron chi connectivity index (χ3n) is 2.91. The lowest BCUT2D eigenvalue weighted by Gasteiger charge is -2.36. The first-order valence-corrected chi connectivity index (χ1v) is 7.71. The Bertz CT molecular complexity index is 392. The van der Waals surface area contributed by atoms with Crippen molar-refractivity contribution < 1.29 is 4.74 Å². The summed E-state index contributed by atoms with van der Waals surface area (Å²) in [7, 11) is 0. The van der Waals surface area contributed by atoms with Crippen molar-refractivity contribution in [2.75, 3.05) is 23.9 Å². The van der Waals surface area contributed by atoms with Crippen molar-refractivity contribution >= 4 is 34.1 Å². The molecule has 96 valence electrons. The van der Waals surface area contributed by atoms with Gasteiger partial charge in [0.05, 0.1) is 10.5 Å². The van der Waals surface area contributed by atoms with Gasteiger partial charge in [0.2, 0.25) is 0 Å². The van der Waals surface area contributed by atoms with Crippen molar-refractivity contribution in [1.29, 1.82) is 0 Å². The van der Waals surface area contributed by atoms with Crippen LogP contribution in [0.15, 0.2) is 4.90 Å². The van der Waals surface area contributed by atoms with Crippen LogP contribution in [0.3, 0.4) is 0 Å². The number of aromatic nitrogens is 1. The van der Waals surface area contributed by atoms with Crippen molar-refractivity contribution in [3.8, 4) is 0 Å². The molecular formula is C11H19N3OS2. The summed E-state index contributed by atoms with van der Waals surface area (Å²) in [6.07, 6.45) is 4.08. The van der Waals surface area contributed by atoms with E-state index in [1.807, 2.05) is 6.26 Å². The normalized spacial score (nSPS) is 23.6. The molecule has 6 heteroatoms. The number of nitrogens with one attached hydrogen (secondary N) is 1. The predicted octanol–water partition coefficient (Wildman–Crippen LogP) is 2.82. The van der Waals surface area contributed by atoms with Gasteiger partial charge in [0, 0.05) is 12.6 Å². The molecule has 1 aliphatic heterocycles. The van der Waals surface area contributed by atoms with Crippen molar-refractivity contribution in [1.82, 2.24) is 4.37 Å². The molecule has 4 nitrogen and oxygen atoms in total. The summed E-state index contributed by atoms with van der Waals surface area (Å²) < 4.78 is 9.91. The Morgan fingerprint density at radius 2 is 2.35 bits per heavy atom. The van der Waals surface area contributed by atoms with Crippen molar-refractivity contribution in [2.24, 2.45) is 0 Å². The van der Waals surface area contributed by atoms with E-state index in [0.717, 1.165) is 29.3 Å². The zero-order chi connectivity index (χ0) is 12.5. The molecular weight excluding hydrogens is 254 g/mol. The minimum atomic E-state index is -0.0360. The van der Waals surface area contributed by atoms with Gasteiger partial charge in [0.1, 0.15) is 5.00 Å². The molecule has 0 radical (unpaired) electrons. The highest BCUT2D eigenvalue weighted by atomic mass is 32.2. The number of nitrogen functional groups attached to an aromatic ring is 1. The second kappa shape index (κ2) is 5.04. The summed E-state index contributed by atoms with van der Waals surface area (Å²) in [6, 6.07) is 0.449. The van der Waals surface area contributed by atoms with E-state index in [2.05, 4.69) is 23.5 Å². The van der Waals surface area contributed by atoms with Crippen LogP contribution in [0, 0.1) is 0 Å². The van der Waals surface area contributed by atoms with Gasteiger partial charge < -0.3 is 15.8 Å². The Labute approximate surface area is 110 Å². The fourth-order valence-electron chi connectivity index (χ4n) is 2.12. The van der Waals surface area contributed by atoms with Gasteiger partial charge in [0.25, 0.3) is 0 Å². The number of nitrogens with zero attached hydrogens (tertiary/aromatic N) is 1. The molecule has 3 N–H and O–H groups in total. The van der Waals surface area contributed by atoms with Crippen molar-refractivity contribution in [3.05, 3.63) is 0 Å². The molecule has 1 fully saturated rings. The largest absolute Gasteiger partial charge is 0.382 e. The number of ether oxygens (including phenoxy) is 1. The fourth-order valence-corrected chi connectivity index (χ4v) is 3.73. The van der Waals surface area contributed by atoms with Gasteiger partial charge in [0.15, 0.2) is 5.82 Å². The van der Waals surface area contributed by atoms with Gasteiger partial charge in [-0.2, -0.15) is 4.37 Å². The number of nitrogens with two attached hydrogens (primary N) is 1. The average Bonchev–Trinajstić information content (AvgIpc) is 2.58. The minimum absolute atomic E-state index is 0.0360. The number of anilines is 2. The molecule has 0 amide bonds. The lowest BCUT2D eigenvalue weighted by molar-refractivity contribution is -0.0553. The smallest absolute Gasteiger partial charge is 0.153 e.